The maximum absolute atomic E-state index is 13.5. The van der Waals surface area contributed by atoms with E-state index < -0.39 is 42.3 Å². The van der Waals surface area contributed by atoms with Crippen LogP contribution in [0.25, 0.3) is 0 Å². The van der Waals surface area contributed by atoms with Crippen LogP contribution in [0.1, 0.15) is 45.6 Å². The number of ether oxygens (including phenoxy) is 1. The summed E-state index contributed by atoms with van der Waals surface area (Å²) in [6.45, 7) is 5.78. The van der Waals surface area contributed by atoms with Crippen LogP contribution in [0.4, 0.5) is 4.39 Å². The van der Waals surface area contributed by atoms with Gasteiger partial charge >= 0.3 is 0 Å². The first-order valence-electron chi connectivity index (χ1n) is 11.6. The normalized spacial score (nSPS) is 22.6. The van der Waals surface area contributed by atoms with Crippen molar-refractivity contribution in [1.29, 1.82) is 0 Å². The molecule has 0 spiro atoms. The fraction of sp³-hybridized carbons (Fsp3) is 0.625. The number of carbonyl (C=O) groups is 3. The first-order chi connectivity index (χ1) is 15.8. The molecule has 0 saturated carbocycles. The first-order valence-corrected chi connectivity index (χ1v) is 11.6. The zero-order valence-electron chi connectivity index (χ0n) is 19.6. The Morgan fingerprint density at radius 3 is 2.52 bits per heavy atom. The van der Waals surface area contributed by atoms with Crippen molar-refractivity contribution >= 4 is 17.7 Å². The zero-order chi connectivity index (χ0) is 24.4. The predicted octanol–water partition coefficient (Wildman–Crippen LogP) is 2.39. The Morgan fingerprint density at radius 1 is 1.21 bits per heavy atom. The second-order valence-electron chi connectivity index (χ2n) is 8.94. The first kappa shape index (κ1) is 26.6. The molecule has 3 amide bonds. The van der Waals surface area contributed by atoms with Crippen LogP contribution in [0.2, 0.25) is 0 Å². The molecule has 4 N–H and O–H groups in total. The van der Waals surface area contributed by atoms with Gasteiger partial charge in [0.15, 0.2) is 0 Å². The van der Waals surface area contributed by atoms with Gasteiger partial charge in [0.1, 0.15) is 11.8 Å². The maximum atomic E-state index is 13.5. The molecule has 0 saturated heterocycles. The van der Waals surface area contributed by atoms with Crippen molar-refractivity contribution in [3.63, 3.8) is 0 Å². The van der Waals surface area contributed by atoms with Crippen LogP contribution in [0.15, 0.2) is 24.3 Å². The van der Waals surface area contributed by atoms with Crippen LogP contribution in [0.5, 0.6) is 5.75 Å². The topological polar surface area (TPSA) is 117 Å². The molecule has 9 heteroatoms. The number of hydrogen-bond donors (Lipinski definition) is 4. The fourth-order valence-electron chi connectivity index (χ4n) is 4.09. The predicted molar refractivity (Wildman–Crippen MR) is 121 cm³/mol. The Hall–Kier alpha value is -2.68. The molecular weight excluding hydrogens is 429 g/mol. The largest absolute Gasteiger partial charge is 0.494 e. The van der Waals surface area contributed by atoms with Crippen LogP contribution in [0, 0.1) is 23.7 Å². The molecule has 8 nitrogen and oxygen atoms in total. The van der Waals surface area contributed by atoms with Gasteiger partial charge in [-0.15, -0.1) is 0 Å². The average Bonchev–Trinajstić information content (AvgIpc) is 2.80. The standard InChI is InChI=1S/C24H36FN3O5/c1-15(2)16(3)21-19(22(29)28-32)6-4-13-33-18-9-7-17(8-10-18)14-20(27-24(21)31)23(30)26-12-5-11-25/h7-10,15-16,19-21,32H,4-6,11-14H2,1-3H3,(H,26,30)(H,27,31)(H,28,29)/t16?,19-,20-,21+/m0/s1. The van der Waals surface area contributed by atoms with Gasteiger partial charge in [0.25, 0.3) is 0 Å². The Balaban J connectivity index is 2.41. The Kier molecular flexibility index (Phi) is 10.6. The number of amides is 3. The molecule has 0 aliphatic carbocycles. The third-order valence-corrected chi connectivity index (χ3v) is 6.34. The lowest BCUT2D eigenvalue weighted by Crippen LogP contribution is -2.53. The number of halogens is 1. The number of rotatable bonds is 7. The maximum Gasteiger partial charge on any atom is 0.247 e. The van der Waals surface area contributed by atoms with Crippen molar-refractivity contribution < 1.29 is 28.7 Å². The highest BCUT2D eigenvalue weighted by Crippen LogP contribution is 2.31. The Bertz CT molecular complexity index is 787. The van der Waals surface area contributed by atoms with Crippen LogP contribution in [-0.2, 0) is 20.8 Å². The van der Waals surface area contributed by atoms with Gasteiger partial charge in [-0.2, -0.15) is 0 Å². The molecule has 184 valence electrons. The molecule has 3 rings (SSSR count). The van der Waals surface area contributed by atoms with E-state index in [0.29, 0.717) is 25.2 Å². The SMILES string of the molecule is CC(C)C(C)[C@H]1C(=O)N[C@H](C(=O)NCCCF)Cc2ccc(cc2)OCCC[C@@H]1C(=O)NO. The Labute approximate surface area is 194 Å². The number of alkyl halides is 1. The lowest BCUT2D eigenvalue weighted by atomic mass is 9.74. The van der Waals surface area contributed by atoms with Crippen LogP contribution in [-0.4, -0.2) is 48.8 Å². The monoisotopic (exact) mass is 465 g/mol. The van der Waals surface area contributed by atoms with Gasteiger partial charge in [-0.1, -0.05) is 32.9 Å². The van der Waals surface area contributed by atoms with Gasteiger partial charge in [-0.25, -0.2) is 5.48 Å². The molecule has 2 bridgehead atoms. The van der Waals surface area contributed by atoms with Crippen molar-refractivity contribution in [1.82, 2.24) is 16.1 Å². The second-order valence-corrected chi connectivity index (χ2v) is 8.94. The van der Waals surface area contributed by atoms with E-state index in [-0.39, 0.29) is 31.2 Å². The highest BCUT2D eigenvalue weighted by atomic mass is 19.1. The number of nitrogens with one attached hydrogen (secondary N) is 3. The van der Waals surface area contributed by atoms with Gasteiger partial charge in [-0.3, -0.25) is 24.0 Å². The molecule has 4 atom stereocenters. The van der Waals surface area contributed by atoms with Gasteiger partial charge in [0, 0.05) is 13.0 Å². The van der Waals surface area contributed by atoms with E-state index >= 15 is 0 Å². The number of fused-ring (bicyclic) bond motifs is 11. The van der Waals surface area contributed by atoms with Crippen molar-refractivity contribution in [3.8, 4) is 5.75 Å². The summed E-state index contributed by atoms with van der Waals surface area (Å²) in [5.41, 5.74) is 2.53. The van der Waals surface area contributed by atoms with Gasteiger partial charge in [0.05, 0.1) is 25.1 Å². The van der Waals surface area contributed by atoms with E-state index in [2.05, 4.69) is 10.6 Å². The number of hydroxylamine groups is 1. The van der Waals surface area contributed by atoms with Gasteiger partial charge in [-0.05, 0) is 48.8 Å². The van der Waals surface area contributed by atoms with Crippen LogP contribution in [0.3, 0.4) is 0 Å². The minimum absolute atomic E-state index is 0.0773. The molecule has 0 radical (unpaired) electrons. The second kappa shape index (κ2) is 13.1. The summed E-state index contributed by atoms with van der Waals surface area (Å²) in [4.78, 5) is 39.0. The van der Waals surface area contributed by atoms with E-state index in [4.69, 9.17) is 4.74 Å². The molecule has 2 aliphatic rings. The molecule has 0 aromatic heterocycles. The van der Waals surface area contributed by atoms with Crippen LogP contribution < -0.4 is 20.9 Å². The van der Waals surface area contributed by atoms with E-state index in [1.165, 1.54) is 0 Å². The summed E-state index contributed by atoms with van der Waals surface area (Å²) >= 11 is 0. The fourth-order valence-corrected chi connectivity index (χ4v) is 4.09. The molecule has 1 aromatic carbocycles. The van der Waals surface area contributed by atoms with E-state index in [0.717, 1.165) is 5.56 Å². The minimum atomic E-state index is -0.897. The van der Waals surface area contributed by atoms with E-state index in [1.807, 2.05) is 32.9 Å². The molecule has 1 aromatic rings. The Morgan fingerprint density at radius 2 is 1.91 bits per heavy atom. The van der Waals surface area contributed by atoms with Gasteiger partial charge < -0.3 is 15.4 Å². The third kappa shape index (κ3) is 7.70. The van der Waals surface area contributed by atoms with E-state index in [9.17, 15) is 24.0 Å². The van der Waals surface area contributed by atoms with E-state index in [1.54, 1.807) is 17.6 Å². The zero-order valence-corrected chi connectivity index (χ0v) is 19.6. The molecule has 1 unspecified atom stereocenters. The summed E-state index contributed by atoms with van der Waals surface area (Å²) in [6.07, 6.45) is 1.24. The van der Waals surface area contributed by atoms with Crippen LogP contribution >= 0.6 is 0 Å². The van der Waals surface area contributed by atoms with Crippen molar-refractivity contribution in [3.05, 3.63) is 29.8 Å². The van der Waals surface area contributed by atoms with Gasteiger partial charge in [0.2, 0.25) is 17.7 Å². The van der Waals surface area contributed by atoms with Crippen molar-refractivity contribution in [2.75, 3.05) is 19.8 Å². The number of carbonyl (C=O) groups excluding carboxylic acids is 3. The third-order valence-electron chi connectivity index (χ3n) is 6.34. The molecular formula is C24H36FN3O5. The smallest absolute Gasteiger partial charge is 0.247 e. The lowest BCUT2D eigenvalue weighted by Gasteiger charge is -2.33. The van der Waals surface area contributed by atoms with Crippen molar-refractivity contribution in [2.45, 2.75) is 52.5 Å². The summed E-state index contributed by atoms with van der Waals surface area (Å²) < 4.78 is 18.3. The highest BCUT2D eigenvalue weighted by Gasteiger charge is 2.39. The average molecular weight is 466 g/mol. The number of hydrogen-bond acceptors (Lipinski definition) is 5. The molecule has 0 fully saturated rings. The molecule has 2 aliphatic heterocycles. The molecule has 33 heavy (non-hydrogen) atoms. The molecule has 2 heterocycles. The lowest BCUT2D eigenvalue weighted by molar-refractivity contribution is -0.143. The minimum Gasteiger partial charge on any atom is -0.494 e. The summed E-state index contributed by atoms with van der Waals surface area (Å²) in [6, 6.07) is 6.37. The summed E-state index contributed by atoms with van der Waals surface area (Å²) in [7, 11) is 0. The highest BCUT2D eigenvalue weighted by molar-refractivity contribution is 5.91. The summed E-state index contributed by atoms with van der Waals surface area (Å²) in [5, 5.41) is 14.9. The van der Waals surface area contributed by atoms with Crippen molar-refractivity contribution in [2.24, 2.45) is 23.7 Å². The number of benzene rings is 1. The quantitative estimate of drug-likeness (QED) is 0.280. The summed E-state index contributed by atoms with van der Waals surface area (Å²) in [5.74, 6) is -2.49.